The van der Waals surface area contributed by atoms with Crippen molar-refractivity contribution in [1.82, 2.24) is 61.8 Å². The third kappa shape index (κ3) is 58.1. The number of aryl methyl sites for hydroxylation is 3. The summed E-state index contributed by atoms with van der Waals surface area (Å²) in [5.74, 6) is -3.79. The van der Waals surface area contributed by atoms with E-state index in [2.05, 4.69) is 75.5 Å². The summed E-state index contributed by atoms with van der Waals surface area (Å²) in [6.07, 6.45) is 6.81. The third-order valence-corrected chi connectivity index (χ3v) is 18.9. The highest BCUT2D eigenvalue weighted by Crippen LogP contribution is 2.26. The number of carbonyl (C=O) groups excluding carboxylic acids is 10. The van der Waals surface area contributed by atoms with Crippen LogP contribution in [-0.2, 0) is 81.9 Å². The van der Waals surface area contributed by atoms with E-state index in [9.17, 15) is 69.5 Å². The van der Waals surface area contributed by atoms with Gasteiger partial charge in [0.15, 0.2) is 85.3 Å². The number of alkyl carbamates (subject to hydrolysis) is 3. The van der Waals surface area contributed by atoms with Crippen LogP contribution in [-0.4, -0.2) is 187 Å². The number of anilines is 6. The standard InChI is InChI=1S/C32H46ClN9O6.C22H30ClN9O2.C20H27ClN8O2.C12H20F3N3O6S.5ClH/c1-31(2,3)47-29(45)38-22(39-30(46)48-32(4,5)6)12-9-11-21(43)18-20-15-13-19(14-16-20)10-7-8-17-37-28(36)42-27(44)23-25(34)41-26(35)24(33)40-23;23-18-20(27)31-19(26)17(30-18)21(34)32-22(28)29-11-2-1-4-13-7-9-14(10-8-13)12-15(33)5-3-6-16(24)25;21-16-18(24)28-17(23)15(27-16)19(31)29-20(25)26-10-2-1-3-12-4-6-13(7-5-12)11-14(30)8-9-22;1-10(2,3)23-8(19)16-7(17-9(20)24-11(4,5)6)18-25(21,22)12(13,14)15;;;;;/h13-16H,7-12,17-18H2,1-6H3,(H4,34,35,41)(H3,36,37,42,44)(H,38,39,45,46);7-10H,1-6,11-12H2,(H3,24,25)(H4,26,27,31)(H3,28,29,32,34);4-7H,1-3,8-11,22H2,(H4,23,24,28)(H3,25,26,29,31);1-6H3,(H2,16,17,18,19,20);5*1H. The number of nitrogens with one attached hydrogen (secondary N) is 7. The quantitative estimate of drug-likeness (QED) is 0.00760. The fourth-order valence-corrected chi connectivity index (χ4v) is 11.7. The molecule has 0 aliphatic heterocycles. The summed E-state index contributed by atoms with van der Waals surface area (Å²) in [5, 5.41) is 19.7. The van der Waals surface area contributed by atoms with Crippen LogP contribution in [0.4, 0.5) is 67.3 Å². The number of halogens is 11. The number of Topliss-reactive ketones (excluding diaryl/α,β-unsaturated/α-hetero) is 3. The number of amides is 7. The van der Waals surface area contributed by atoms with Crippen molar-refractivity contribution in [3.63, 3.8) is 0 Å². The molecule has 0 aliphatic rings. The van der Waals surface area contributed by atoms with E-state index in [1.807, 2.05) is 72.8 Å². The minimum absolute atomic E-state index is 0. The number of benzene rings is 3. The molecule has 143 heavy (non-hydrogen) atoms. The number of unbranched alkanes of at least 4 members (excludes halogenated alkanes) is 3. The molecule has 7 amide bonds. The number of nitrogens with two attached hydrogens (primary N) is 11. The molecule has 3 aromatic carbocycles. The molecule has 3 aromatic heterocycles. The minimum atomic E-state index is -6.03. The second-order valence-electron chi connectivity index (χ2n) is 34.1. The molecule has 0 saturated heterocycles. The first-order valence-corrected chi connectivity index (χ1v) is 45.3. The largest absolute Gasteiger partial charge is 0.518 e. The van der Waals surface area contributed by atoms with E-state index in [4.69, 9.17) is 122 Å². The number of alkyl halides is 3. The van der Waals surface area contributed by atoms with Crippen molar-refractivity contribution in [2.24, 2.45) is 53.0 Å². The van der Waals surface area contributed by atoms with Gasteiger partial charge in [-0.15, -0.1) is 66.4 Å². The summed E-state index contributed by atoms with van der Waals surface area (Å²) >= 11 is 17.3. The minimum Gasteiger partial charge on any atom is -0.444 e. The van der Waals surface area contributed by atoms with E-state index in [1.165, 1.54) is 47.1 Å². The zero-order valence-electron chi connectivity index (χ0n) is 80.7. The van der Waals surface area contributed by atoms with E-state index in [0.29, 0.717) is 77.5 Å². The fourth-order valence-electron chi connectivity index (χ4n) is 10.9. The molecular formula is C86H128Cl8F3N29O16S. The second-order valence-corrected chi connectivity index (χ2v) is 36.8. The molecular weight excluding hydrogens is 2070 g/mol. The van der Waals surface area contributed by atoms with E-state index >= 15 is 0 Å². The Labute approximate surface area is 872 Å². The Balaban J connectivity index is -0.00000186. The number of amidine groups is 2. The zero-order chi connectivity index (χ0) is 104. The number of hydrogen-bond donors (Lipinski definition) is 18. The molecule has 3 heterocycles. The number of nitrogen functional groups attached to an aromatic ring is 6. The lowest BCUT2D eigenvalue weighted by Gasteiger charge is -2.22. The number of hydrogen-bond acceptors (Lipinski definition) is 33. The number of rotatable bonds is 35. The van der Waals surface area contributed by atoms with Crippen molar-refractivity contribution in [3.05, 3.63) is 139 Å². The first-order chi connectivity index (χ1) is 64.1. The van der Waals surface area contributed by atoms with Crippen LogP contribution < -0.4 is 95.0 Å². The van der Waals surface area contributed by atoms with Gasteiger partial charge in [0.05, 0.1) is 5.84 Å². The number of guanidine groups is 4. The number of sulfonamides is 1. The summed E-state index contributed by atoms with van der Waals surface area (Å²) < 4.78 is 81.8. The van der Waals surface area contributed by atoms with Crippen molar-refractivity contribution in [1.29, 1.82) is 5.41 Å². The molecule has 6 rings (SSSR count). The maximum absolute atomic E-state index is 12.7. The molecule has 0 atom stereocenters. The first kappa shape index (κ1) is 135. The number of carbonyl (C=O) groups is 10. The molecule has 0 radical (unpaired) electrons. The third-order valence-electron chi connectivity index (χ3n) is 17.0. The molecule has 796 valence electrons. The van der Waals surface area contributed by atoms with Gasteiger partial charge in [0.2, 0.25) is 5.96 Å². The van der Waals surface area contributed by atoms with Gasteiger partial charge in [-0.1, -0.05) is 108 Å². The Hall–Kier alpha value is -12.4. The van der Waals surface area contributed by atoms with Crippen LogP contribution in [0.15, 0.2) is 97.2 Å². The summed E-state index contributed by atoms with van der Waals surface area (Å²) in [5.41, 5.74) is 57.8. The molecule has 6 aromatic rings. The van der Waals surface area contributed by atoms with Crippen molar-refractivity contribution >= 4 is 237 Å². The monoisotopic (exact) mass is 2190 g/mol. The number of ether oxygens (including phenoxy) is 4. The SMILES string of the molecule is CC(C)(C)OC(=O)N=C(CCCC(=O)Cc1ccc(CCCCN=C(N)NC(=O)c2nc(Cl)c(N)nc2N)cc1)NC(=O)OC(C)(C)C.CC(C)(C)OC(=O)NC(=NS(=O)(=O)C(F)(F)F)NC(=O)OC(C)(C)C.Cl.Cl.Cl.Cl.Cl.N=C(N)CCCC(=O)Cc1ccc(CCCCN=C(N)NC(=O)c2nc(Cl)c(N)nc2N)cc1.NCCC(=O)Cc1ccc(CCCCN=C(N)NC(=O)c2nc(Cl)c(N)nc2N)cc1. The van der Waals surface area contributed by atoms with Gasteiger partial charge in [-0.3, -0.25) is 81.1 Å². The van der Waals surface area contributed by atoms with Gasteiger partial charge < -0.3 is 82.0 Å². The average Bonchev–Trinajstić information content (AvgIpc) is 0.830. The van der Waals surface area contributed by atoms with Crippen LogP contribution in [0, 0.1) is 5.41 Å². The van der Waals surface area contributed by atoms with Gasteiger partial charge in [-0.25, -0.2) is 49.1 Å². The van der Waals surface area contributed by atoms with Crippen molar-refractivity contribution < 1.29 is 88.5 Å². The van der Waals surface area contributed by atoms with Crippen LogP contribution in [0.3, 0.4) is 0 Å². The van der Waals surface area contributed by atoms with Crippen LogP contribution in [0.1, 0.15) is 231 Å². The molecule has 0 unspecified atom stereocenters. The molecule has 0 aliphatic carbocycles. The maximum atomic E-state index is 12.7. The number of aliphatic imine (C=N–C) groups is 4. The number of ketones is 3. The van der Waals surface area contributed by atoms with Crippen LogP contribution in [0.25, 0.3) is 0 Å². The van der Waals surface area contributed by atoms with Gasteiger partial charge in [-0.2, -0.15) is 26.6 Å². The highest BCUT2D eigenvalue weighted by molar-refractivity contribution is 7.91. The summed E-state index contributed by atoms with van der Waals surface area (Å²) in [6.45, 7) is 20.7. The molecule has 0 spiro atoms. The molecule has 29 N–H and O–H groups in total. The lowest BCUT2D eigenvalue weighted by molar-refractivity contribution is -0.119. The Bertz CT molecular complexity index is 5470. The van der Waals surface area contributed by atoms with Gasteiger partial charge in [0, 0.05) is 71.0 Å². The Morgan fingerprint density at radius 1 is 0.378 bits per heavy atom. The summed E-state index contributed by atoms with van der Waals surface area (Å²) in [6, 6.07) is 23.7. The van der Waals surface area contributed by atoms with Gasteiger partial charge in [-0.05, 0) is 194 Å². The van der Waals surface area contributed by atoms with E-state index in [0.717, 1.165) is 79.2 Å². The zero-order valence-corrected chi connectivity index (χ0v) is 87.9. The summed E-state index contributed by atoms with van der Waals surface area (Å²) in [4.78, 5) is 160. The fraction of sp³-hybridized carbons (Fsp3) is 0.465. The van der Waals surface area contributed by atoms with Gasteiger partial charge >= 0.3 is 39.9 Å². The normalized spacial score (nSPS) is 11.5. The number of nitrogens with zero attached hydrogens (tertiary/aromatic N) is 11. The molecule has 0 bridgehead atoms. The average molecular weight is 2200 g/mol. The maximum Gasteiger partial charge on any atom is 0.518 e. The lowest BCUT2D eigenvalue weighted by Crippen LogP contribution is -2.48. The Morgan fingerprint density at radius 2 is 0.650 bits per heavy atom. The van der Waals surface area contributed by atoms with E-state index in [1.54, 1.807) is 52.2 Å². The predicted molar refractivity (Wildman–Crippen MR) is 557 cm³/mol. The predicted octanol–water partition coefficient (Wildman–Crippen LogP) is 11.3. The topological polar surface area (TPSA) is 763 Å². The van der Waals surface area contributed by atoms with Crippen molar-refractivity contribution in [3.8, 4) is 0 Å². The Morgan fingerprint density at radius 3 is 0.923 bits per heavy atom. The van der Waals surface area contributed by atoms with E-state index in [-0.39, 0.29) is 196 Å². The lowest BCUT2D eigenvalue weighted by atomic mass is 10.0. The number of aromatic nitrogens is 6. The van der Waals surface area contributed by atoms with Gasteiger partial charge in [0.1, 0.15) is 45.6 Å². The second kappa shape index (κ2) is 65.0. The van der Waals surface area contributed by atoms with Crippen LogP contribution in [0.5, 0.6) is 0 Å². The van der Waals surface area contributed by atoms with Crippen molar-refractivity contribution in [2.75, 3.05) is 60.6 Å². The molecule has 57 heteroatoms. The highest BCUT2D eigenvalue weighted by atomic mass is 35.5. The molecule has 0 fully saturated rings. The summed E-state index contributed by atoms with van der Waals surface area (Å²) in [7, 11) is -6.03. The molecule has 0 saturated carbocycles. The van der Waals surface area contributed by atoms with Crippen LogP contribution >= 0.6 is 96.8 Å². The van der Waals surface area contributed by atoms with Gasteiger partial charge in [0.25, 0.3) is 17.7 Å². The van der Waals surface area contributed by atoms with Crippen molar-refractivity contribution in [2.45, 2.75) is 233 Å². The van der Waals surface area contributed by atoms with Crippen LogP contribution in [0.2, 0.25) is 15.5 Å². The smallest absolute Gasteiger partial charge is 0.444 e. The highest BCUT2D eigenvalue weighted by Gasteiger charge is 2.47. The Kier molecular flexibility index (Phi) is 61.3. The first-order valence-electron chi connectivity index (χ1n) is 42.7. The molecule has 45 nitrogen and oxygen atoms in total. The van der Waals surface area contributed by atoms with E-state index < -0.39 is 86.0 Å².